The van der Waals surface area contributed by atoms with Crippen molar-refractivity contribution in [3.8, 4) is 0 Å². The van der Waals surface area contributed by atoms with E-state index in [1.165, 1.54) is 5.57 Å². The summed E-state index contributed by atoms with van der Waals surface area (Å²) in [4.78, 5) is 26.7. The van der Waals surface area contributed by atoms with Gasteiger partial charge < -0.3 is 15.6 Å². The van der Waals surface area contributed by atoms with Gasteiger partial charge in [0.15, 0.2) is 0 Å². The van der Waals surface area contributed by atoms with E-state index in [0.29, 0.717) is 6.54 Å². The summed E-state index contributed by atoms with van der Waals surface area (Å²) in [6.07, 6.45) is 6.41. The van der Waals surface area contributed by atoms with E-state index in [2.05, 4.69) is 52.8 Å². The molecule has 4 aromatic rings. The first kappa shape index (κ1) is 21.1. The molecule has 3 aromatic heterocycles. The van der Waals surface area contributed by atoms with Crippen LogP contribution in [0.25, 0.3) is 27.5 Å². The van der Waals surface area contributed by atoms with Gasteiger partial charge in [0.1, 0.15) is 17.8 Å². The number of fused-ring (bicyclic) bond motifs is 2. The molecule has 4 heterocycles. The largest absolute Gasteiger partial charge is 0.350 e. The van der Waals surface area contributed by atoms with Crippen LogP contribution < -0.4 is 10.6 Å². The quantitative estimate of drug-likeness (QED) is 0.374. The Bertz CT molecular complexity index is 1340. The molecule has 1 aromatic carbocycles. The Kier molecular flexibility index (Phi) is 5.33. The molecule has 0 aliphatic carbocycles. The van der Waals surface area contributed by atoms with Gasteiger partial charge in [0.2, 0.25) is 5.91 Å². The van der Waals surface area contributed by atoms with Crippen molar-refractivity contribution in [2.75, 3.05) is 25.0 Å². The molecule has 33 heavy (non-hydrogen) atoms. The molecule has 0 saturated heterocycles. The number of carbonyl (C=O) groups excluding carboxylic acids is 1. The van der Waals surface area contributed by atoms with E-state index in [4.69, 9.17) is 0 Å². The molecule has 0 fully saturated rings. The first-order valence-corrected chi connectivity index (χ1v) is 11.1. The van der Waals surface area contributed by atoms with Crippen LogP contribution in [0.3, 0.4) is 0 Å². The summed E-state index contributed by atoms with van der Waals surface area (Å²) in [5.74, 6) is 0.812. The number of nitrogens with zero attached hydrogens (tertiary/aromatic N) is 4. The number of nitrogens with one attached hydrogen (secondary N) is 4. The first-order chi connectivity index (χ1) is 15.8. The highest BCUT2D eigenvalue weighted by molar-refractivity contribution is 5.93. The second-order valence-electron chi connectivity index (χ2n) is 9.48. The van der Waals surface area contributed by atoms with Crippen LogP contribution in [-0.4, -0.2) is 61.1 Å². The highest BCUT2D eigenvalue weighted by atomic mass is 16.2. The standard InChI is InChI=1S/C24H28N8O/c1-24(2,3)30-21(33)13-32-8-6-15(7-9-32)20-11-18-22(25-14-26-23(18)29-20)28-17-4-5-19-16(10-17)12-27-31-19/h4-6,10-12,14H,7-9,13H2,1-3H3,(H,27,31)(H,30,33)(H2,25,26,28,29). The van der Waals surface area contributed by atoms with Gasteiger partial charge in [0.05, 0.1) is 23.6 Å². The number of benzene rings is 1. The monoisotopic (exact) mass is 444 g/mol. The van der Waals surface area contributed by atoms with Gasteiger partial charge in [-0.05, 0) is 57.0 Å². The number of hydrogen-bond acceptors (Lipinski definition) is 6. The van der Waals surface area contributed by atoms with Gasteiger partial charge in [0.25, 0.3) is 0 Å². The van der Waals surface area contributed by atoms with Gasteiger partial charge in [-0.2, -0.15) is 5.10 Å². The summed E-state index contributed by atoms with van der Waals surface area (Å²) in [7, 11) is 0. The number of carbonyl (C=O) groups is 1. The van der Waals surface area contributed by atoms with Gasteiger partial charge >= 0.3 is 0 Å². The zero-order valence-electron chi connectivity index (χ0n) is 19.1. The molecule has 170 valence electrons. The fourth-order valence-corrected chi connectivity index (χ4v) is 4.13. The summed E-state index contributed by atoms with van der Waals surface area (Å²) < 4.78 is 0. The van der Waals surface area contributed by atoms with Gasteiger partial charge in [0, 0.05) is 35.4 Å². The van der Waals surface area contributed by atoms with Crippen molar-refractivity contribution >= 4 is 44.9 Å². The molecule has 0 spiro atoms. The normalized spacial score (nSPS) is 15.1. The fourth-order valence-electron chi connectivity index (χ4n) is 4.13. The second-order valence-corrected chi connectivity index (χ2v) is 9.48. The van der Waals surface area contributed by atoms with Crippen molar-refractivity contribution in [1.82, 2.24) is 35.4 Å². The Morgan fingerprint density at radius 1 is 1.21 bits per heavy atom. The third-order valence-electron chi connectivity index (χ3n) is 5.65. The van der Waals surface area contributed by atoms with Crippen molar-refractivity contribution < 1.29 is 4.79 Å². The Labute approximate surface area is 191 Å². The average Bonchev–Trinajstić information content (AvgIpc) is 3.40. The molecule has 0 bridgehead atoms. The van der Waals surface area contributed by atoms with Crippen molar-refractivity contribution in [1.29, 1.82) is 0 Å². The molecule has 1 aliphatic rings. The van der Waals surface area contributed by atoms with Crippen LogP contribution in [0.1, 0.15) is 32.9 Å². The van der Waals surface area contributed by atoms with Crippen LogP contribution in [0.15, 0.2) is 42.9 Å². The number of rotatable bonds is 5. The highest BCUT2D eigenvalue weighted by Crippen LogP contribution is 2.29. The zero-order valence-corrected chi connectivity index (χ0v) is 19.1. The first-order valence-electron chi connectivity index (χ1n) is 11.1. The highest BCUT2D eigenvalue weighted by Gasteiger charge is 2.20. The van der Waals surface area contributed by atoms with Gasteiger partial charge in [-0.25, -0.2) is 9.97 Å². The van der Waals surface area contributed by atoms with E-state index in [-0.39, 0.29) is 11.4 Å². The Morgan fingerprint density at radius 2 is 2.09 bits per heavy atom. The van der Waals surface area contributed by atoms with Crippen LogP contribution in [0.4, 0.5) is 11.5 Å². The van der Waals surface area contributed by atoms with E-state index in [1.54, 1.807) is 12.5 Å². The molecule has 0 atom stereocenters. The summed E-state index contributed by atoms with van der Waals surface area (Å²) in [5.41, 5.74) is 4.78. The van der Waals surface area contributed by atoms with Crippen LogP contribution in [0, 0.1) is 0 Å². The molecule has 9 heteroatoms. The van der Waals surface area contributed by atoms with Gasteiger partial charge in [-0.3, -0.25) is 14.8 Å². The molecule has 0 unspecified atom stereocenters. The SMILES string of the molecule is CC(C)(C)NC(=O)CN1CC=C(c2cc3c(Nc4ccc5[nH]ncc5c4)ncnc3[nH]2)CC1. The van der Waals surface area contributed by atoms with Crippen molar-refractivity contribution in [3.63, 3.8) is 0 Å². The number of hydrogen-bond donors (Lipinski definition) is 4. The van der Waals surface area contributed by atoms with E-state index in [1.807, 2.05) is 39.0 Å². The average molecular weight is 445 g/mol. The molecular weight excluding hydrogens is 416 g/mol. The minimum atomic E-state index is -0.213. The number of aromatic amines is 2. The summed E-state index contributed by atoms with van der Waals surface area (Å²) in [6, 6.07) is 8.12. The molecule has 9 nitrogen and oxygen atoms in total. The predicted octanol–water partition coefficient (Wildman–Crippen LogP) is 3.58. The maximum absolute atomic E-state index is 12.2. The fraction of sp³-hybridized carbons (Fsp3) is 0.333. The van der Waals surface area contributed by atoms with Crippen molar-refractivity contribution in [2.24, 2.45) is 0 Å². The van der Waals surface area contributed by atoms with Crippen LogP contribution in [-0.2, 0) is 4.79 Å². The van der Waals surface area contributed by atoms with Crippen molar-refractivity contribution in [3.05, 3.63) is 48.6 Å². The number of H-pyrrole nitrogens is 2. The second kappa shape index (κ2) is 8.32. The number of amides is 1. The Balaban J connectivity index is 1.32. The van der Waals surface area contributed by atoms with E-state index in [0.717, 1.165) is 58.6 Å². The molecule has 5 rings (SSSR count). The lowest BCUT2D eigenvalue weighted by Crippen LogP contribution is -2.46. The number of aromatic nitrogens is 5. The minimum Gasteiger partial charge on any atom is -0.350 e. The van der Waals surface area contributed by atoms with E-state index >= 15 is 0 Å². The van der Waals surface area contributed by atoms with Gasteiger partial charge in [-0.15, -0.1) is 0 Å². The Morgan fingerprint density at radius 3 is 2.88 bits per heavy atom. The van der Waals surface area contributed by atoms with Crippen LogP contribution >= 0.6 is 0 Å². The summed E-state index contributed by atoms with van der Waals surface area (Å²) in [6.45, 7) is 7.98. The smallest absolute Gasteiger partial charge is 0.234 e. The maximum Gasteiger partial charge on any atom is 0.234 e. The molecule has 1 amide bonds. The third-order valence-corrected chi connectivity index (χ3v) is 5.65. The molecule has 4 N–H and O–H groups in total. The lowest BCUT2D eigenvalue weighted by Gasteiger charge is -2.27. The molecule has 0 radical (unpaired) electrons. The number of anilines is 2. The molecule has 1 aliphatic heterocycles. The van der Waals surface area contributed by atoms with Gasteiger partial charge in [-0.1, -0.05) is 6.08 Å². The van der Waals surface area contributed by atoms with E-state index in [9.17, 15) is 4.79 Å². The lowest BCUT2D eigenvalue weighted by atomic mass is 10.0. The predicted molar refractivity (Wildman–Crippen MR) is 130 cm³/mol. The third kappa shape index (κ3) is 4.73. The van der Waals surface area contributed by atoms with Crippen LogP contribution in [0.2, 0.25) is 0 Å². The van der Waals surface area contributed by atoms with Crippen LogP contribution in [0.5, 0.6) is 0 Å². The van der Waals surface area contributed by atoms with Crippen molar-refractivity contribution in [2.45, 2.75) is 32.7 Å². The lowest BCUT2D eigenvalue weighted by molar-refractivity contribution is -0.123. The Hall–Kier alpha value is -3.72. The topological polar surface area (TPSA) is 115 Å². The van der Waals surface area contributed by atoms with E-state index < -0.39 is 0 Å². The molecule has 0 saturated carbocycles. The molecular formula is C24H28N8O. The summed E-state index contributed by atoms with van der Waals surface area (Å²) >= 11 is 0. The summed E-state index contributed by atoms with van der Waals surface area (Å²) in [5, 5.41) is 15.4. The zero-order chi connectivity index (χ0) is 23.0. The maximum atomic E-state index is 12.2. The minimum absolute atomic E-state index is 0.0598.